The van der Waals surface area contributed by atoms with Gasteiger partial charge in [-0.15, -0.1) is 0 Å². The highest BCUT2D eigenvalue weighted by molar-refractivity contribution is 7.99. The highest BCUT2D eigenvalue weighted by Gasteiger charge is 2.35. The summed E-state index contributed by atoms with van der Waals surface area (Å²) >= 11 is 1.10. The minimum atomic E-state index is -0.935. The molecule has 0 aliphatic carbocycles. The standard InChI is InChI=1S/C8H16N2O3S/c1-5(11)10-14-8(2,3)6(9-4)7(12)13/h6,9H,1-4H3,(H,10,11)(H,12,13)/t6-/m1/s1. The van der Waals surface area contributed by atoms with Crippen LogP contribution in [0.4, 0.5) is 0 Å². The van der Waals surface area contributed by atoms with Crippen molar-refractivity contribution in [1.29, 1.82) is 0 Å². The molecule has 6 heteroatoms. The van der Waals surface area contributed by atoms with E-state index in [1.807, 2.05) is 0 Å². The smallest absolute Gasteiger partial charge is 0.322 e. The second kappa shape index (κ2) is 5.21. The molecule has 0 aliphatic heterocycles. The van der Waals surface area contributed by atoms with Crippen molar-refractivity contribution >= 4 is 23.8 Å². The fourth-order valence-electron chi connectivity index (χ4n) is 1.03. The summed E-state index contributed by atoms with van der Waals surface area (Å²) in [5, 5.41) is 11.6. The van der Waals surface area contributed by atoms with Gasteiger partial charge in [-0.2, -0.15) is 0 Å². The van der Waals surface area contributed by atoms with Gasteiger partial charge < -0.3 is 10.4 Å². The maximum Gasteiger partial charge on any atom is 0.322 e. The minimum Gasteiger partial charge on any atom is -0.480 e. The molecule has 0 saturated carbocycles. The SMILES string of the molecule is CN[C@H](C(=O)O)C(C)(C)SNC(C)=O. The van der Waals surface area contributed by atoms with Crippen LogP contribution in [0, 0.1) is 0 Å². The number of carbonyl (C=O) groups excluding carboxylic acids is 1. The zero-order valence-electron chi connectivity index (χ0n) is 8.75. The largest absolute Gasteiger partial charge is 0.480 e. The number of carboxylic acids is 1. The molecule has 0 radical (unpaired) electrons. The van der Waals surface area contributed by atoms with Crippen LogP contribution in [0.5, 0.6) is 0 Å². The van der Waals surface area contributed by atoms with Gasteiger partial charge >= 0.3 is 5.97 Å². The Morgan fingerprint density at radius 1 is 1.43 bits per heavy atom. The van der Waals surface area contributed by atoms with Crippen molar-refractivity contribution in [3.05, 3.63) is 0 Å². The van der Waals surface area contributed by atoms with E-state index in [-0.39, 0.29) is 5.91 Å². The van der Waals surface area contributed by atoms with Gasteiger partial charge in [-0.1, -0.05) is 0 Å². The average Bonchev–Trinajstić information content (AvgIpc) is 2.01. The lowest BCUT2D eigenvalue weighted by Crippen LogP contribution is -2.50. The number of likely N-dealkylation sites (N-methyl/N-ethyl adjacent to an activating group) is 1. The van der Waals surface area contributed by atoms with Crippen molar-refractivity contribution in [2.45, 2.75) is 31.6 Å². The van der Waals surface area contributed by atoms with Gasteiger partial charge in [0.05, 0.1) is 4.75 Å². The van der Waals surface area contributed by atoms with Crippen molar-refractivity contribution in [2.75, 3.05) is 7.05 Å². The van der Waals surface area contributed by atoms with E-state index in [2.05, 4.69) is 10.0 Å². The topological polar surface area (TPSA) is 78.4 Å². The zero-order chi connectivity index (χ0) is 11.4. The molecule has 0 rings (SSSR count). The molecular formula is C8H16N2O3S. The minimum absolute atomic E-state index is 0.191. The van der Waals surface area contributed by atoms with Crippen LogP contribution in [0.3, 0.4) is 0 Å². The lowest BCUT2D eigenvalue weighted by atomic mass is 10.0. The second-order valence-electron chi connectivity index (χ2n) is 3.42. The van der Waals surface area contributed by atoms with Crippen molar-refractivity contribution in [3.63, 3.8) is 0 Å². The van der Waals surface area contributed by atoms with Crippen LogP contribution < -0.4 is 10.0 Å². The van der Waals surface area contributed by atoms with Gasteiger partial charge in [0.1, 0.15) is 6.04 Å². The van der Waals surface area contributed by atoms with Crippen molar-refractivity contribution in [2.24, 2.45) is 0 Å². The molecule has 82 valence electrons. The number of hydrogen-bond acceptors (Lipinski definition) is 4. The molecule has 0 unspecified atom stereocenters. The summed E-state index contributed by atoms with van der Waals surface area (Å²) < 4.78 is 1.92. The highest BCUT2D eigenvalue weighted by Crippen LogP contribution is 2.25. The monoisotopic (exact) mass is 220 g/mol. The highest BCUT2D eigenvalue weighted by atomic mass is 32.2. The summed E-state index contributed by atoms with van der Waals surface area (Å²) in [5.41, 5.74) is 0. The van der Waals surface area contributed by atoms with Crippen LogP contribution in [0.25, 0.3) is 0 Å². The van der Waals surface area contributed by atoms with Crippen LogP contribution in [0.2, 0.25) is 0 Å². The molecule has 5 nitrogen and oxygen atoms in total. The molecule has 0 spiro atoms. The van der Waals surface area contributed by atoms with E-state index in [9.17, 15) is 9.59 Å². The summed E-state index contributed by atoms with van der Waals surface area (Å²) in [6, 6.07) is -0.709. The van der Waals surface area contributed by atoms with Gasteiger partial charge in [-0.3, -0.25) is 14.3 Å². The van der Waals surface area contributed by atoms with Crippen LogP contribution in [-0.4, -0.2) is 34.8 Å². The molecular weight excluding hydrogens is 204 g/mol. The Balaban J connectivity index is 4.40. The van der Waals surface area contributed by atoms with Crippen LogP contribution in [0.15, 0.2) is 0 Å². The van der Waals surface area contributed by atoms with E-state index < -0.39 is 16.8 Å². The predicted molar refractivity (Wildman–Crippen MR) is 56.0 cm³/mol. The van der Waals surface area contributed by atoms with Crippen molar-refractivity contribution < 1.29 is 14.7 Å². The Morgan fingerprint density at radius 3 is 2.21 bits per heavy atom. The first-order valence-corrected chi connectivity index (χ1v) is 4.97. The Bertz CT molecular complexity index is 231. The average molecular weight is 220 g/mol. The fourth-order valence-corrected chi connectivity index (χ4v) is 1.77. The number of carboxylic acid groups (broad SMARTS) is 1. The normalized spacial score (nSPS) is 13.4. The van der Waals surface area contributed by atoms with E-state index in [1.165, 1.54) is 6.92 Å². The summed E-state index contributed by atoms with van der Waals surface area (Å²) in [6.07, 6.45) is 0. The summed E-state index contributed by atoms with van der Waals surface area (Å²) in [4.78, 5) is 21.5. The maximum absolute atomic E-state index is 10.8. The zero-order valence-corrected chi connectivity index (χ0v) is 9.57. The van der Waals surface area contributed by atoms with Gasteiger partial charge in [-0.25, -0.2) is 0 Å². The summed E-state index contributed by atoms with van der Waals surface area (Å²) in [6.45, 7) is 4.89. The van der Waals surface area contributed by atoms with E-state index in [1.54, 1.807) is 20.9 Å². The third-order valence-electron chi connectivity index (χ3n) is 1.69. The van der Waals surface area contributed by atoms with Crippen LogP contribution in [0.1, 0.15) is 20.8 Å². The first-order valence-electron chi connectivity index (χ1n) is 4.16. The van der Waals surface area contributed by atoms with E-state index >= 15 is 0 Å². The third kappa shape index (κ3) is 3.97. The molecule has 0 fully saturated rings. The maximum atomic E-state index is 10.8. The molecule has 0 aromatic heterocycles. The molecule has 1 amide bonds. The second-order valence-corrected chi connectivity index (χ2v) is 4.88. The number of aliphatic carboxylic acids is 1. The molecule has 0 saturated heterocycles. The number of rotatable bonds is 5. The van der Waals surface area contributed by atoms with E-state index in [0.717, 1.165) is 11.9 Å². The van der Waals surface area contributed by atoms with Gasteiger partial charge in [0.15, 0.2) is 0 Å². The lowest BCUT2D eigenvalue weighted by molar-refractivity contribution is -0.140. The Kier molecular flexibility index (Phi) is 4.93. The number of nitrogens with one attached hydrogen (secondary N) is 2. The fraction of sp³-hybridized carbons (Fsp3) is 0.750. The molecule has 0 aromatic carbocycles. The van der Waals surface area contributed by atoms with E-state index in [4.69, 9.17) is 5.11 Å². The molecule has 3 N–H and O–H groups in total. The molecule has 1 atom stereocenters. The quantitative estimate of drug-likeness (QED) is 0.578. The number of carbonyl (C=O) groups is 2. The van der Waals surface area contributed by atoms with E-state index in [0.29, 0.717) is 0 Å². The third-order valence-corrected chi connectivity index (χ3v) is 2.84. The lowest BCUT2D eigenvalue weighted by Gasteiger charge is -2.29. The first-order chi connectivity index (χ1) is 6.31. The van der Waals surface area contributed by atoms with Gasteiger partial charge in [0, 0.05) is 6.92 Å². The number of hydrogen-bond donors (Lipinski definition) is 3. The molecule has 0 aliphatic rings. The summed E-state index contributed by atoms with van der Waals surface area (Å²) in [5.74, 6) is -1.13. The summed E-state index contributed by atoms with van der Waals surface area (Å²) in [7, 11) is 1.58. The Morgan fingerprint density at radius 2 is 1.93 bits per heavy atom. The Labute approximate surface area is 87.8 Å². The molecule has 0 bridgehead atoms. The van der Waals surface area contributed by atoms with Crippen molar-refractivity contribution in [3.8, 4) is 0 Å². The molecule has 0 aromatic rings. The van der Waals surface area contributed by atoms with Crippen LogP contribution in [-0.2, 0) is 9.59 Å². The predicted octanol–water partition coefficient (Wildman–Crippen LogP) is 0.222. The van der Waals surface area contributed by atoms with Gasteiger partial charge in [0.25, 0.3) is 0 Å². The van der Waals surface area contributed by atoms with Crippen LogP contribution >= 0.6 is 11.9 Å². The van der Waals surface area contributed by atoms with Crippen molar-refractivity contribution in [1.82, 2.24) is 10.0 Å². The van der Waals surface area contributed by atoms with Gasteiger partial charge in [-0.05, 0) is 32.8 Å². The molecule has 14 heavy (non-hydrogen) atoms. The Hall–Kier alpha value is -0.750. The number of amides is 1. The molecule has 0 heterocycles. The first kappa shape index (κ1) is 13.2. The van der Waals surface area contributed by atoms with Gasteiger partial charge in [0.2, 0.25) is 5.91 Å².